The Hall–Kier alpha value is -4.07. The standard InChI is InChI=1S/C22H17N6O2/c1-14-27(12-15-10-23-6-8-25-15)19-20(28(14)13-16-11-24-7-9-26-16)22(30)18-5-3-2-4-17(18)21(19)29/h2-11H,12-13H2,1H3/q+1. The van der Waals surface area contributed by atoms with Crippen LogP contribution in [0.5, 0.6) is 0 Å². The predicted molar refractivity (Wildman–Crippen MR) is 105 cm³/mol. The van der Waals surface area contributed by atoms with Gasteiger partial charge in [-0.2, -0.15) is 0 Å². The largest absolute Gasteiger partial charge is 0.284 e. The van der Waals surface area contributed by atoms with Crippen molar-refractivity contribution in [2.45, 2.75) is 20.0 Å². The number of nitrogens with zero attached hydrogens (tertiary/aromatic N) is 6. The Balaban J connectivity index is 1.72. The Morgan fingerprint density at radius 1 is 0.867 bits per heavy atom. The van der Waals surface area contributed by atoms with E-state index in [-0.39, 0.29) is 11.6 Å². The molecule has 1 aromatic carbocycles. The summed E-state index contributed by atoms with van der Waals surface area (Å²) in [5.41, 5.74) is 2.96. The minimum absolute atomic E-state index is 0.176. The highest BCUT2D eigenvalue weighted by atomic mass is 16.1. The molecule has 3 heterocycles. The van der Waals surface area contributed by atoms with E-state index in [1.54, 1.807) is 61.4 Å². The average molecular weight is 397 g/mol. The summed E-state index contributed by atoms with van der Waals surface area (Å²) in [4.78, 5) is 43.8. The van der Waals surface area contributed by atoms with Crippen molar-refractivity contribution in [1.29, 1.82) is 0 Å². The highest BCUT2D eigenvalue weighted by molar-refractivity contribution is 6.26. The third-order valence-corrected chi connectivity index (χ3v) is 5.27. The predicted octanol–water partition coefficient (Wildman–Crippen LogP) is 1.54. The first-order valence-corrected chi connectivity index (χ1v) is 9.46. The molecule has 8 nitrogen and oxygen atoms in total. The summed E-state index contributed by atoms with van der Waals surface area (Å²) in [7, 11) is 0. The number of carbonyl (C=O) groups is 2. The normalized spacial score (nSPS) is 12.6. The quantitative estimate of drug-likeness (QED) is 0.427. The van der Waals surface area contributed by atoms with Crippen molar-refractivity contribution >= 4 is 11.6 Å². The van der Waals surface area contributed by atoms with Crippen LogP contribution in [0.15, 0.2) is 61.4 Å². The molecule has 146 valence electrons. The van der Waals surface area contributed by atoms with Crippen LogP contribution in [0.3, 0.4) is 0 Å². The monoisotopic (exact) mass is 397 g/mol. The van der Waals surface area contributed by atoms with Crippen molar-refractivity contribution in [2.24, 2.45) is 0 Å². The van der Waals surface area contributed by atoms with Crippen molar-refractivity contribution in [1.82, 2.24) is 24.5 Å². The van der Waals surface area contributed by atoms with E-state index < -0.39 is 0 Å². The van der Waals surface area contributed by atoms with E-state index in [4.69, 9.17) is 0 Å². The molecule has 0 N–H and O–H groups in total. The molecular weight excluding hydrogens is 380 g/mol. The molecule has 0 fully saturated rings. The molecule has 1 aliphatic carbocycles. The van der Waals surface area contributed by atoms with Crippen LogP contribution < -0.4 is 4.57 Å². The van der Waals surface area contributed by atoms with Crippen LogP contribution in [0.25, 0.3) is 0 Å². The lowest BCUT2D eigenvalue weighted by Crippen LogP contribution is -2.43. The zero-order chi connectivity index (χ0) is 20.7. The number of benzene rings is 1. The maximum Gasteiger partial charge on any atom is 0.255 e. The maximum absolute atomic E-state index is 13.4. The molecule has 0 spiro atoms. The van der Waals surface area contributed by atoms with Gasteiger partial charge in [-0.05, 0) is 0 Å². The zero-order valence-electron chi connectivity index (χ0n) is 16.2. The summed E-state index contributed by atoms with van der Waals surface area (Å²) in [6.45, 7) is 2.55. The highest BCUT2D eigenvalue weighted by Crippen LogP contribution is 2.27. The second-order valence-electron chi connectivity index (χ2n) is 7.01. The van der Waals surface area contributed by atoms with E-state index >= 15 is 0 Å². The minimum Gasteiger partial charge on any atom is -0.284 e. The number of carbonyl (C=O) groups excluding carboxylic acids is 2. The fraction of sp³-hybridized carbons (Fsp3) is 0.136. The summed E-state index contributed by atoms with van der Waals surface area (Å²) in [5, 5.41) is 0. The highest BCUT2D eigenvalue weighted by Gasteiger charge is 2.43. The fourth-order valence-corrected chi connectivity index (χ4v) is 3.85. The number of rotatable bonds is 4. The SMILES string of the molecule is Cc1n(Cc2cnccn2)c2c([n+]1Cc1cnccn1)C(=O)c1ccccc1C2=O. The van der Waals surface area contributed by atoms with Gasteiger partial charge in [0.15, 0.2) is 0 Å². The second-order valence-corrected chi connectivity index (χ2v) is 7.01. The smallest absolute Gasteiger partial charge is 0.255 e. The van der Waals surface area contributed by atoms with E-state index in [1.807, 2.05) is 16.1 Å². The molecule has 0 amide bonds. The number of hydrogen-bond donors (Lipinski definition) is 0. The lowest BCUT2D eigenvalue weighted by molar-refractivity contribution is -0.696. The lowest BCUT2D eigenvalue weighted by Gasteiger charge is -2.12. The Labute approximate surface area is 171 Å². The summed E-state index contributed by atoms with van der Waals surface area (Å²) in [5.74, 6) is 0.404. The zero-order valence-corrected chi connectivity index (χ0v) is 16.2. The molecule has 0 radical (unpaired) electrons. The molecule has 0 bridgehead atoms. The number of aromatic nitrogens is 6. The molecule has 0 saturated carbocycles. The van der Waals surface area contributed by atoms with Crippen LogP contribution >= 0.6 is 0 Å². The van der Waals surface area contributed by atoms with Gasteiger partial charge in [0.25, 0.3) is 5.82 Å². The minimum atomic E-state index is -0.176. The van der Waals surface area contributed by atoms with Gasteiger partial charge in [-0.25, -0.2) is 9.13 Å². The van der Waals surface area contributed by atoms with Gasteiger partial charge in [0.05, 0.1) is 12.4 Å². The van der Waals surface area contributed by atoms with Crippen LogP contribution in [-0.4, -0.2) is 36.1 Å². The van der Waals surface area contributed by atoms with Gasteiger partial charge in [0.1, 0.15) is 24.5 Å². The van der Waals surface area contributed by atoms with Crippen LogP contribution in [0.2, 0.25) is 0 Å². The van der Waals surface area contributed by atoms with E-state index in [0.29, 0.717) is 47.0 Å². The Bertz CT molecular complexity index is 1180. The fourth-order valence-electron chi connectivity index (χ4n) is 3.85. The Morgan fingerprint density at radius 2 is 1.50 bits per heavy atom. The topological polar surface area (TPSA) is 94.5 Å². The van der Waals surface area contributed by atoms with Crippen molar-refractivity contribution in [2.75, 3.05) is 0 Å². The van der Waals surface area contributed by atoms with Crippen molar-refractivity contribution < 1.29 is 14.2 Å². The van der Waals surface area contributed by atoms with Crippen LogP contribution in [-0.2, 0) is 13.1 Å². The molecule has 0 unspecified atom stereocenters. The number of imidazole rings is 1. The van der Waals surface area contributed by atoms with Crippen molar-refractivity contribution in [3.63, 3.8) is 0 Å². The van der Waals surface area contributed by atoms with Gasteiger partial charge in [-0.15, -0.1) is 0 Å². The average Bonchev–Trinajstić information content (AvgIpc) is 3.05. The van der Waals surface area contributed by atoms with Crippen LogP contribution in [0.4, 0.5) is 0 Å². The molecule has 0 saturated heterocycles. The van der Waals surface area contributed by atoms with Crippen molar-refractivity contribution in [3.8, 4) is 0 Å². The molecule has 8 heteroatoms. The van der Waals surface area contributed by atoms with Gasteiger partial charge in [0, 0.05) is 42.8 Å². The first-order valence-electron chi connectivity index (χ1n) is 9.46. The molecule has 30 heavy (non-hydrogen) atoms. The maximum atomic E-state index is 13.4. The van der Waals surface area contributed by atoms with Gasteiger partial charge in [0.2, 0.25) is 23.0 Å². The molecule has 0 aliphatic heterocycles. The molecule has 1 aliphatic rings. The summed E-state index contributed by atoms with van der Waals surface area (Å²) in [6, 6.07) is 6.93. The Kier molecular flexibility index (Phi) is 4.24. The van der Waals surface area contributed by atoms with Gasteiger partial charge in [-0.3, -0.25) is 29.5 Å². The molecule has 3 aromatic heterocycles. The van der Waals surface area contributed by atoms with Gasteiger partial charge >= 0.3 is 0 Å². The van der Waals surface area contributed by atoms with Gasteiger partial charge in [-0.1, -0.05) is 24.3 Å². The summed E-state index contributed by atoms with van der Waals surface area (Å²) < 4.78 is 3.68. The second kappa shape index (κ2) is 7.07. The lowest BCUT2D eigenvalue weighted by atomic mass is 9.90. The molecule has 5 rings (SSSR count). The summed E-state index contributed by atoms with van der Waals surface area (Å²) in [6.07, 6.45) is 9.72. The first kappa shape index (κ1) is 18.0. The van der Waals surface area contributed by atoms with E-state index in [2.05, 4.69) is 19.9 Å². The van der Waals surface area contributed by atoms with Crippen molar-refractivity contribution in [3.05, 3.63) is 101 Å². The number of fused-ring (bicyclic) bond motifs is 2. The first-order chi connectivity index (χ1) is 14.6. The third-order valence-electron chi connectivity index (χ3n) is 5.27. The molecular formula is C22H17N6O2+. The number of ketones is 2. The molecule has 4 aromatic rings. The van der Waals surface area contributed by atoms with Crippen LogP contribution in [0, 0.1) is 6.92 Å². The van der Waals surface area contributed by atoms with Crippen LogP contribution in [0.1, 0.15) is 49.3 Å². The van der Waals surface area contributed by atoms with Gasteiger partial charge < -0.3 is 0 Å². The third kappa shape index (κ3) is 2.81. The van der Waals surface area contributed by atoms with E-state index in [0.717, 1.165) is 5.82 Å². The number of hydrogen-bond acceptors (Lipinski definition) is 6. The van der Waals surface area contributed by atoms with E-state index in [9.17, 15) is 9.59 Å². The molecule has 0 atom stereocenters. The Morgan fingerprint density at radius 3 is 2.13 bits per heavy atom. The van der Waals surface area contributed by atoms with E-state index in [1.165, 1.54) is 0 Å². The summed E-state index contributed by atoms with van der Waals surface area (Å²) >= 11 is 0.